The molecule has 0 spiro atoms. The summed E-state index contributed by atoms with van der Waals surface area (Å²) in [5.41, 5.74) is -0.107. The zero-order chi connectivity index (χ0) is 8.98. The summed E-state index contributed by atoms with van der Waals surface area (Å²) in [5.74, 6) is -0.0904. The first-order valence-corrected chi connectivity index (χ1v) is 6.29. The molecule has 0 aliphatic carbocycles. The first-order chi connectivity index (χ1) is 5.46. The number of rotatable bonds is 2. The maximum Gasteiger partial charge on any atom is 0.234 e. The molecule has 0 saturated carbocycles. The molecule has 0 unspecified atom stereocenters. The van der Waals surface area contributed by atoms with Crippen molar-refractivity contribution in [1.82, 2.24) is 0 Å². The van der Waals surface area contributed by atoms with E-state index < -0.39 is 7.37 Å². The maximum absolute atomic E-state index is 12.1. The van der Waals surface area contributed by atoms with Crippen LogP contribution in [0.5, 0.6) is 0 Å². The van der Waals surface area contributed by atoms with Gasteiger partial charge in [0.1, 0.15) is 5.60 Å². The van der Waals surface area contributed by atoms with Crippen molar-refractivity contribution in [2.24, 2.45) is 0 Å². The minimum Gasteiger partial charge on any atom is -0.356 e. The van der Waals surface area contributed by atoms with Gasteiger partial charge in [0.05, 0.1) is 6.10 Å². The summed E-state index contributed by atoms with van der Waals surface area (Å²) in [4.78, 5) is 0. The molecule has 0 aromatic carbocycles. The van der Waals surface area contributed by atoms with Gasteiger partial charge in [-0.2, -0.15) is 0 Å². The zero-order valence-electron chi connectivity index (χ0n) is 7.74. The fourth-order valence-corrected chi connectivity index (χ4v) is 5.14. The van der Waals surface area contributed by atoms with Crippen LogP contribution in [0.15, 0.2) is 0 Å². The van der Waals surface area contributed by atoms with E-state index in [1.165, 1.54) is 0 Å². The van der Waals surface area contributed by atoms with Gasteiger partial charge in [-0.25, -0.2) is 0 Å². The molecule has 0 bridgehead atoms. The highest BCUT2D eigenvalue weighted by Gasteiger charge is 2.68. The molecule has 0 aromatic heterocycles. The van der Waals surface area contributed by atoms with Gasteiger partial charge in [-0.3, -0.25) is 4.57 Å². The van der Waals surface area contributed by atoms with Crippen molar-refractivity contribution in [1.29, 1.82) is 0 Å². The van der Waals surface area contributed by atoms with E-state index in [9.17, 15) is 4.57 Å². The van der Waals surface area contributed by atoms with E-state index in [2.05, 4.69) is 0 Å². The molecule has 0 amide bonds. The lowest BCUT2D eigenvalue weighted by atomic mass is 10.1. The van der Waals surface area contributed by atoms with Crippen molar-refractivity contribution in [3.8, 4) is 0 Å². The lowest BCUT2D eigenvalue weighted by molar-refractivity contribution is 0.226. The fraction of sp³-hybridized carbons (Fsp3) is 1.00. The Kier molecular flexibility index (Phi) is 1.70. The Labute approximate surface area is 72.9 Å². The van der Waals surface area contributed by atoms with E-state index in [-0.39, 0.29) is 17.6 Å². The number of hydrogen-bond acceptors (Lipinski definition) is 3. The summed E-state index contributed by atoms with van der Waals surface area (Å²) in [7, 11) is -2.43. The third kappa shape index (κ3) is 1.15. The third-order valence-corrected chi connectivity index (χ3v) is 5.50. The van der Waals surface area contributed by atoms with Crippen molar-refractivity contribution in [3.63, 3.8) is 0 Å². The van der Waals surface area contributed by atoms with E-state index in [0.29, 0.717) is 6.16 Å². The Morgan fingerprint density at radius 3 is 2.67 bits per heavy atom. The van der Waals surface area contributed by atoms with Crippen molar-refractivity contribution in [2.75, 3.05) is 6.16 Å². The SMILES string of the molecule is CC(C)O[P@]1(=O)CC[C@@]2(C)O[C@H]21. The number of epoxide rings is 1. The van der Waals surface area contributed by atoms with Gasteiger partial charge >= 0.3 is 0 Å². The van der Waals surface area contributed by atoms with Crippen LogP contribution in [0.3, 0.4) is 0 Å². The Balaban J connectivity index is 2.10. The van der Waals surface area contributed by atoms with Gasteiger partial charge in [0.15, 0.2) is 5.85 Å². The zero-order valence-corrected chi connectivity index (χ0v) is 8.64. The monoisotopic (exact) mass is 190 g/mol. The number of ether oxygens (including phenoxy) is 1. The van der Waals surface area contributed by atoms with E-state index in [1.54, 1.807) is 0 Å². The molecule has 2 rings (SSSR count). The highest BCUT2D eigenvalue weighted by molar-refractivity contribution is 7.60. The third-order valence-electron chi connectivity index (χ3n) is 2.51. The second-order valence-electron chi connectivity index (χ2n) is 4.14. The molecule has 0 radical (unpaired) electrons. The quantitative estimate of drug-likeness (QED) is 0.495. The Hall–Kier alpha value is 0.150. The van der Waals surface area contributed by atoms with Crippen LogP contribution < -0.4 is 0 Å². The van der Waals surface area contributed by atoms with Crippen molar-refractivity contribution in [2.45, 2.75) is 44.7 Å². The molecule has 12 heavy (non-hydrogen) atoms. The second kappa shape index (κ2) is 2.34. The highest BCUT2D eigenvalue weighted by Crippen LogP contribution is 2.72. The van der Waals surface area contributed by atoms with E-state index in [0.717, 1.165) is 6.42 Å². The summed E-state index contributed by atoms with van der Waals surface area (Å²) in [6, 6.07) is 0. The molecule has 4 heteroatoms. The van der Waals surface area contributed by atoms with Crippen LogP contribution in [0.4, 0.5) is 0 Å². The molecule has 0 N–H and O–H groups in total. The number of hydrogen-bond donors (Lipinski definition) is 0. The molecule has 0 aromatic rings. The van der Waals surface area contributed by atoms with Gasteiger partial charge in [0, 0.05) is 6.16 Å². The topological polar surface area (TPSA) is 38.8 Å². The smallest absolute Gasteiger partial charge is 0.234 e. The maximum atomic E-state index is 12.1. The van der Waals surface area contributed by atoms with Crippen LogP contribution in [0.25, 0.3) is 0 Å². The van der Waals surface area contributed by atoms with Gasteiger partial charge in [-0.1, -0.05) is 0 Å². The van der Waals surface area contributed by atoms with Gasteiger partial charge in [0.2, 0.25) is 7.37 Å². The summed E-state index contributed by atoms with van der Waals surface area (Å²) in [5, 5.41) is 0. The van der Waals surface area contributed by atoms with Crippen molar-refractivity contribution >= 4 is 7.37 Å². The fourth-order valence-electron chi connectivity index (χ4n) is 1.86. The van der Waals surface area contributed by atoms with E-state index >= 15 is 0 Å². The normalized spacial score (nSPS) is 51.2. The van der Waals surface area contributed by atoms with Gasteiger partial charge in [0.25, 0.3) is 0 Å². The molecule has 3 nitrogen and oxygen atoms in total. The summed E-state index contributed by atoms with van der Waals surface area (Å²) in [6.45, 7) is 5.84. The standard InChI is InChI=1S/C8H15O3P/c1-6(2)11-12(9)5-4-8(3)7(12)10-8/h6-7H,4-5H2,1-3H3/t7-,8+,12+/m0/s1. The average Bonchev–Trinajstić information content (AvgIpc) is 2.53. The predicted octanol–water partition coefficient (Wildman–Crippen LogP) is 2.21. The van der Waals surface area contributed by atoms with Crippen molar-refractivity contribution in [3.05, 3.63) is 0 Å². The molecule has 2 fully saturated rings. The number of fused-ring (bicyclic) bond motifs is 1. The molecule has 2 heterocycles. The van der Waals surface area contributed by atoms with E-state index in [1.807, 2.05) is 20.8 Å². The van der Waals surface area contributed by atoms with Crippen LogP contribution in [0, 0.1) is 0 Å². The lowest BCUT2D eigenvalue weighted by Gasteiger charge is -2.15. The molecule has 70 valence electrons. The summed E-state index contributed by atoms with van der Waals surface area (Å²) in [6.07, 6.45) is 1.64. The Morgan fingerprint density at radius 1 is 1.67 bits per heavy atom. The van der Waals surface area contributed by atoms with Crippen LogP contribution >= 0.6 is 7.37 Å². The molecular formula is C8H15O3P. The first-order valence-electron chi connectivity index (χ1n) is 4.41. The second-order valence-corrected chi connectivity index (χ2v) is 6.72. The molecule has 2 aliphatic heterocycles. The molecule has 2 aliphatic rings. The van der Waals surface area contributed by atoms with Gasteiger partial charge in [-0.15, -0.1) is 0 Å². The predicted molar refractivity (Wildman–Crippen MR) is 46.6 cm³/mol. The average molecular weight is 190 g/mol. The minimum absolute atomic E-state index is 0.0439. The van der Waals surface area contributed by atoms with Gasteiger partial charge in [-0.05, 0) is 27.2 Å². The molecule has 2 saturated heterocycles. The largest absolute Gasteiger partial charge is 0.356 e. The Morgan fingerprint density at radius 2 is 2.33 bits per heavy atom. The van der Waals surface area contributed by atoms with Gasteiger partial charge < -0.3 is 9.26 Å². The van der Waals surface area contributed by atoms with E-state index in [4.69, 9.17) is 9.26 Å². The summed E-state index contributed by atoms with van der Waals surface area (Å²) < 4.78 is 22.9. The lowest BCUT2D eigenvalue weighted by Crippen LogP contribution is -2.04. The molecular weight excluding hydrogens is 175 g/mol. The van der Waals surface area contributed by atoms with Crippen LogP contribution in [0.2, 0.25) is 0 Å². The highest BCUT2D eigenvalue weighted by atomic mass is 31.2. The summed E-state index contributed by atoms with van der Waals surface area (Å²) >= 11 is 0. The van der Waals surface area contributed by atoms with Crippen LogP contribution in [0.1, 0.15) is 27.2 Å². The van der Waals surface area contributed by atoms with Crippen LogP contribution in [-0.4, -0.2) is 23.7 Å². The minimum atomic E-state index is -2.43. The van der Waals surface area contributed by atoms with Crippen molar-refractivity contribution < 1.29 is 13.8 Å². The van der Waals surface area contributed by atoms with Crippen LogP contribution in [-0.2, 0) is 13.8 Å². The Bertz CT molecular complexity index is 251. The molecule has 3 atom stereocenters. The first kappa shape index (κ1) is 8.74.